The predicted octanol–water partition coefficient (Wildman–Crippen LogP) is 4.23. The maximum atomic E-state index is 12.4. The monoisotopic (exact) mass is 298 g/mol. The molecule has 0 aromatic carbocycles. The molecule has 1 fully saturated rings. The Hall–Kier alpha value is -1.15. The lowest BCUT2D eigenvalue weighted by Gasteiger charge is -2.46. The topological polar surface area (TPSA) is 26.3 Å². The van der Waals surface area contributed by atoms with Gasteiger partial charge in [-0.05, 0) is 73.5 Å². The highest BCUT2D eigenvalue weighted by atomic mass is 16.5. The van der Waals surface area contributed by atoms with Crippen molar-refractivity contribution < 1.29 is 9.53 Å². The Labute approximate surface area is 133 Å². The molecule has 0 saturated heterocycles. The molecule has 4 atom stereocenters. The van der Waals surface area contributed by atoms with Crippen LogP contribution in [0.1, 0.15) is 46.5 Å². The van der Waals surface area contributed by atoms with Crippen molar-refractivity contribution in [3.63, 3.8) is 0 Å². The smallest absolute Gasteiger partial charge is 0.166 e. The molecule has 4 aliphatic carbocycles. The van der Waals surface area contributed by atoms with Crippen LogP contribution in [0.15, 0.2) is 35.5 Å². The first-order chi connectivity index (χ1) is 10.3. The largest absolute Gasteiger partial charge is 0.376 e. The number of rotatable bonds is 1. The van der Waals surface area contributed by atoms with Crippen molar-refractivity contribution in [3.8, 4) is 0 Å². The molecule has 0 radical (unpaired) electrons. The molecular weight excluding hydrogens is 272 g/mol. The minimum atomic E-state index is -0.387. The van der Waals surface area contributed by atoms with Crippen LogP contribution < -0.4 is 0 Å². The van der Waals surface area contributed by atoms with Gasteiger partial charge >= 0.3 is 0 Å². The van der Waals surface area contributed by atoms with Gasteiger partial charge in [-0.25, -0.2) is 0 Å². The van der Waals surface area contributed by atoms with Crippen LogP contribution in [0, 0.1) is 22.2 Å². The second-order valence-corrected chi connectivity index (χ2v) is 8.61. The number of methoxy groups -OCH3 is 1. The van der Waals surface area contributed by atoms with Gasteiger partial charge in [0.15, 0.2) is 5.78 Å². The van der Waals surface area contributed by atoms with E-state index in [1.165, 1.54) is 24.8 Å². The van der Waals surface area contributed by atoms with E-state index in [0.717, 1.165) is 12.0 Å². The highest BCUT2D eigenvalue weighted by Gasteiger charge is 2.55. The van der Waals surface area contributed by atoms with Crippen molar-refractivity contribution >= 4 is 5.78 Å². The van der Waals surface area contributed by atoms with Crippen LogP contribution in [0.4, 0.5) is 0 Å². The third-order valence-electron chi connectivity index (χ3n) is 6.81. The summed E-state index contributed by atoms with van der Waals surface area (Å²) in [5.41, 5.74) is 2.58. The van der Waals surface area contributed by atoms with Gasteiger partial charge in [0.05, 0.1) is 11.5 Å². The number of fused-ring (bicyclic) bond motifs is 2. The van der Waals surface area contributed by atoms with Crippen LogP contribution in [-0.2, 0) is 9.53 Å². The minimum absolute atomic E-state index is 0.0618. The average Bonchev–Trinajstić information content (AvgIpc) is 2.78. The number of hydrogen-bond donors (Lipinski definition) is 0. The van der Waals surface area contributed by atoms with E-state index in [2.05, 4.69) is 39.0 Å². The van der Waals surface area contributed by atoms with Gasteiger partial charge in [0.25, 0.3) is 0 Å². The van der Waals surface area contributed by atoms with Crippen molar-refractivity contribution in [1.29, 1.82) is 0 Å². The molecule has 0 aromatic rings. The van der Waals surface area contributed by atoms with Crippen LogP contribution in [0.25, 0.3) is 0 Å². The first-order valence-corrected chi connectivity index (χ1v) is 8.52. The quantitative estimate of drug-likeness (QED) is 0.677. The van der Waals surface area contributed by atoms with Gasteiger partial charge < -0.3 is 4.74 Å². The fraction of sp³-hybridized carbons (Fsp3) is 0.650. The van der Waals surface area contributed by atoms with E-state index in [1.54, 1.807) is 0 Å². The highest BCUT2D eigenvalue weighted by Crippen LogP contribution is 2.62. The van der Waals surface area contributed by atoms with Gasteiger partial charge in [-0.15, -0.1) is 0 Å². The molecule has 0 heterocycles. The van der Waals surface area contributed by atoms with E-state index < -0.39 is 0 Å². The number of ketones is 1. The summed E-state index contributed by atoms with van der Waals surface area (Å²) in [7, 11) is 1.81. The average molecular weight is 298 g/mol. The zero-order chi connectivity index (χ0) is 15.8. The second-order valence-electron chi connectivity index (χ2n) is 8.61. The van der Waals surface area contributed by atoms with E-state index >= 15 is 0 Å². The zero-order valence-corrected chi connectivity index (χ0v) is 14.1. The van der Waals surface area contributed by atoms with Crippen LogP contribution >= 0.6 is 0 Å². The summed E-state index contributed by atoms with van der Waals surface area (Å²) in [5.74, 6) is 0.723. The molecule has 2 nitrogen and oxygen atoms in total. The van der Waals surface area contributed by atoms with E-state index in [1.807, 2.05) is 13.2 Å². The van der Waals surface area contributed by atoms with Crippen LogP contribution in [0.3, 0.4) is 0 Å². The van der Waals surface area contributed by atoms with Crippen molar-refractivity contribution in [2.24, 2.45) is 22.2 Å². The van der Waals surface area contributed by atoms with Gasteiger partial charge in [-0.2, -0.15) is 0 Å². The predicted molar refractivity (Wildman–Crippen MR) is 87.4 cm³/mol. The summed E-state index contributed by atoms with van der Waals surface area (Å²) in [6.07, 6.45) is 13.9. The lowest BCUT2D eigenvalue weighted by Crippen LogP contribution is -2.42. The fourth-order valence-electron chi connectivity index (χ4n) is 5.48. The molecule has 0 unspecified atom stereocenters. The third-order valence-corrected chi connectivity index (χ3v) is 6.81. The Morgan fingerprint density at radius 3 is 2.73 bits per heavy atom. The van der Waals surface area contributed by atoms with Crippen LogP contribution in [0.5, 0.6) is 0 Å². The molecule has 1 spiro atoms. The molecule has 2 heteroatoms. The molecule has 0 aliphatic heterocycles. The van der Waals surface area contributed by atoms with Crippen molar-refractivity contribution in [1.82, 2.24) is 0 Å². The summed E-state index contributed by atoms with van der Waals surface area (Å²) in [4.78, 5) is 12.4. The van der Waals surface area contributed by atoms with E-state index in [9.17, 15) is 4.79 Å². The molecule has 0 N–H and O–H groups in total. The number of hydrogen-bond acceptors (Lipinski definition) is 2. The van der Waals surface area contributed by atoms with Crippen molar-refractivity contribution in [2.75, 3.05) is 7.11 Å². The number of carbonyl (C=O) groups excluding carboxylic acids is 1. The van der Waals surface area contributed by atoms with Crippen molar-refractivity contribution in [3.05, 3.63) is 35.5 Å². The fourth-order valence-corrected chi connectivity index (χ4v) is 5.48. The summed E-state index contributed by atoms with van der Waals surface area (Å²) in [5, 5.41) is 0. The highest BCUT2D eigenvalue weighted by molar-refractivity contribution is 6.02. The van der Waals surface area contributed by atoms with Crippen molar-refractivity contribution in [2.45, 2.75) is 52.6 Å². The molecule has 22 heavy (non-hydrogen) atoms. The first-order valence-electron chi connectivity index (χ1n) is 8.52. The van der Waals surface area contributed by atoms with Gasteiger partial charge in [-0.1, -0.05) is 25.2 Å². The van der Waals surface area contributed by atoms with E-state index in [-0.39, 0.29) is 22.7 Å². The maximum Gasteiger partial charge on any atom is 0.166 e. The standard InChI is InChI=1S/C20H26O2/c1-18(2)14-6-8-20-10-9-19(3,12-20)7-5-15(20)17(22-4)13(14)11-16(18)21/h6,9-11,15,17H,5,7-8,12H2,1-4H3/t15-,17+,19+,20-/m0/s1. The lowest BCUT2D eigenvalue weighted by molar-refractivity contribution is -0.119. The number of carbonyl (C=O) groups is 1. The summed E-state index contributed by atoms with van der Waals surface area (Å²) >= 11 is 0. The first kappa shape index (κ1) is 14.4. The molecule has 0 amide bonds. The maximum absolute atomic E-state index is 12.4. The third kappa shape index (κ3) is 1.68. The number of ether oxygens (including phenoxy) is 1. The van der Waals surface area contributed by atoms with Gasteiger partial charge in [0.1, 0.15) is 0 Å². The van der Waals surface area contributed by atoms with Crippen LogP contribution in [-0.4, -0.2) is 19.0 Å². The minimum Gasteiger partial charge on any atom is -0.376 e. The number of allylic oxidation sites excluding steroid dienone is 4. The normalized spacial score (nSPS) is 45.0. The van der Waals surface area contributed by atoms with E-state index in [4.69, 9.17) is 4.74 Å². The summed E-state index contributed by atoms with van der Waals surface area (Å²) in [6.45, 7) is 6.50. The Kier molecular flexibility index (Phi) is 2.77. The summed E-state index contributed by atoms with van der Waals surface area (Å²) < 4.78 is 5.98. The van der Waals surface area contributed by atoms with Gasteiger partial charge in [-0.3, -0.25) is 4.79 Å². The Bertz CT molecular complexity index is 636. The molecule has 4 aliphatic rings. The molecule has 4 rings (SSSR count). The van der Waals surface area contributed by atoms with Gasteiger partial charge in [0.2, 0.25) is 0 Å². The Morgan fingerprint density at radius 2 is 2.00 bits per heavy atom. The van der Waals surface area contributed by atoms with Crippen LogP contribution in [0.2, 0.25) is 0 Å². The zero-order valence-electron chi connectivity index (χ0n) is 14.1. The lowest BCUT2D eigenvalue weighted by atomic mass is 9.60. The molecule has 118 valence electrons. The molecular formula is C20H26O2. The SMILES string of the molecule is CO[C@@H]1C2=CC(=O)C(C)(C)C2=CC[C@@]23C=C[C@@](C)(CC[C@@H]12)C3. The molecule has 1 saturated carbocycles. The Balaban J connectivity index is 1.84. The Morgan fingerprint density at radius 1 is 1.23 bits per heavy atom. The van der Waals surface area contributed by atoms with E-state index in [0.29, 0.717) is 11.3 Å². The molecule has 0 aromatic heterocycles. The summed E-state index contributed by atoms with van der Waals surface area (Å²) in [6, 6.07) is 0. The second kappa shape index (κ2) is 4.23. The van der Waals surface area contributed by atoms with Gasteiger partial charge in [0, 0.05) is 7.11 Å². The molecule has 2 bridgehead atoms.